The van der Waals surface area contributed by atoms with E-state index in [4.69, 9.17) is 52.1 Å². The number of fused-ring (bicyclic) bond motifs is 6. The van der Waals surface area contributed by atoms with Gasteiger partial charge >= 0.3 is 24.8 Å². The molecule has 16 rings (SSSR count). The van der Waals surface area contributed by atoms with E-state index in [2.05, 4.69) is 64.0 Å². The zero-order valence-corrected chi connectivity index (χ0v) is 55.1. The van der Waals surface area contributed by atoms with Gasteiger partial charge in [0.1, 0.15) is 23.3 Å². The number of halogens is 4. The number of rotatable bonds is 16. The third-order valence-corrected chi connectivity index (χ3v) is 20.7. The Morgan fingerprint density at radius 3 is 1.45 bits per heavy atom. The van der Waals surface area contributed by atoms with E-state index >= 15 is 0 Å². The van der Waals surface area contributed by atoms with Crippen molar-refractivity contribution in [3.8, 4) is 23.0 Å². The number of carbonyl (C=O) groups excluding carboxylic acids is 1. The normalized spacial score (nSPS) is 22.8. The molecule has 488 valence electrons. The summed E-state index contributed by atoms with van der Waals surface area (Å²) in [6.07, 6.45) is 11.4. The third kappa shape index (κ3) is 11.8. The quantitative estimate of drug-likeness (QED) is 0.0701. The number of aromatic carboxylic acids is 1. The van der Waals surface area contributed by atoms with Crippen molar-refractivity contribution in [2.75, 3.05) is 26.2 Å². The molecule has 2 aliphatic carbocycles. The van der Waals surface area contributed by atoms with Gasteiger partial charge < -0.3 is 53.3 Å². The number of likely N-dealkylation sites (tertiary alicyclic amines) is 2. The molecule has 6 aromatic carbocycles. The van der Waals surface area contributed by atoms with E-state index < -0.39 is 29.2 Å². The smallest absolute Gasteiger partial charge is 0.870 e. The maximum atomic E-state index is 15.0. The fourth-order valence-electron chi connectivity index (χ4n) is 15.1. The molecule has 24 heteroatoms. The molecular formula is C71H71Cl2F2LiN10O9. The summed E-state index contributed by atoms with van der Waals surface area (Å²) in [5.74, 6) is 1.01. The van der Waals surface area contributed by atoms with Crippen molar-refractivity contribution in [3.05, 3.63) is 212 Å². The van der Waals surface area contributed by atoms with Crippen LogP contribution in [0.3, 0.4) is 0 Å². The number of carboxylic acids is 1. The first-order valence-corrected chi connectivity index (χ1v) is 32.2. The van der Waals surface area contributed by atoms with Gasteiger partial charge in [0.05, 0.1) is 89.0 Å². The Labute approximate surface area is 569 Å². The van der Waals surface area contributed by atoms with E-state index in [1.165, 1.54) is 12.1 Å². The fourth-order valence-corrected chi connectivity index (χ4v) is 15.4. The van der Waals surface area contributed by atoms with Gasteiger partial charge in [-0.15, -0.1) is 0 Å². The third-order valence-electron chi connectivity index (χ3n) is 20.2. The molecule has 0 spiro atoms. The van der Waals surface area contributed by atoms with Gasteiger partial charge in [-0.1, -0.05) is 47.5 Å². The number of ketones is 1. The summed E-state index contributed by atoms with van der Waals surface area (Å²) in [5.41, 5.74) is 9.33. The molecule has 95 heavy (non-hydrogen) atoms. The second-order valence-corrected chi connectivity index (χ2v) is 26.6. The number of para-hydroxylation sites is 2. The molecule has 6 aliphatic rings. The number of Topliss-reactive ketones (excluding diaryl/α,β-unsaturated/α-hetero) is 1. The van der Waals surface area contributed by atoms with Crippen LogP contribution in [0.25, 0.3) is 22.1 Å². The van der Waals surface area contributed by atoms with Gasteiger partial charge in [-0.3, -0.25) is 14.6 Å². The summed E-state index contributed by atoms with van der Waals surface area (Å²) in [6, 6.07) is 32.0. The maximum absolute atomic E-state index is 15.0. The van der Waals surface area contributed by atoms with Crippen LogP contribution in [-0.4, -0.2) is 102 Å². The van der Waals surface area contributed by atoms with Gasteiger partial charge in [-0.25, -0.2) is 33.5 Å². The van der Waals surface area contributed by atoms with Crippen molar-refractivity contribution < 1.29 is 72.2 Å². The number of benzene rings is 6. The van der Waals surface area contributed by atoms with Crippen LogP contribution in [0.15, 0.2) is 134 Å². The molecule has 4 N–H and O–H groups in total. The van der Waals surface area contributed by atoms with Gasteiger partial charge in [0.2, 0.25) is 0 Å². The minimum atomic E-state index is -1.29. The zero-order valence-electron chi connectivity index (χ0n) is 53.6. The van der Waals surface area contributed by atoms with Crippen LogP contribution in [0, 0.1) is 23.5 Å². The standard InChI is InChI=1S/C36H35ClFN5O3.C35H33ClFN5O4.Li.2H2O/c1-4-42-21-39-17-26(42)19-43-31-14-23(22(2)44)8-11-30(31)40-33(43)20-41-13-12-36(16-24(36)18-41)28-6-5-7-32-34(28)46-35(3,45-32)27-10-9-25(37)15-29(27)38;1-3-41-20-38-16-24(41)18-42-29-13-21(33(43)44)7-10-28(29)39-31(42)19-40-12-11-35(15-22(35)17-40)26-5-4-6-30-32(26)46-34(2,45-30)25-9-8-23(36)14-27(25)37;;;/h5-11,14-15,17,21,24H,4,12-13,16,18-20H2,1-3H3;4-10,13-14,16,20,22H,3,11-12,15,17-19H2,1-2H3,(H,43,44);;2*1H2/q;;+1;;/p-1. The number of carbonyl (C=O) groups is 2. The molecule has 6 atom stereocenters. The maximum Gasteiger partial charge on any atom is 1.00 e. The topological polar surface area (TPSA) is 231 Å². The number of piperidine rings is 2. The summed E-state index contributed by atoms with van der Waals surface area (Å²) >= 11 is 12.0. The predicted molar refractivity (Wildman–Crippen MR) is 348 cm³/mol. The monoisotopic (exact) mass is 1320 g/mol. The van der Waals surface area contributed by atoms with Gasteiger partial charge in [-0.05, 0) is 156 Å². The van der Waals surface area contributed by atoms with E-state index in [0.717, 1.165) is 121 Å². The van der Waals surface area contributed by atoms with E-state index in [9.17, 15) is 23.5 Å². The molecule has 2 saturated heterocycles. The Balaban J connectivity index is 0.000000176. The summed E-state index contributed by atoms with van der Waals surface area (Å²) in [5, 5.41) is 10.3. The minimum Gasteiger partial charge on any atom is -0.870 e. The SMILES string of the molecule is CCn1cncc1Cn1c(CN2CCC3(c4cccc5c4OC(C)(c4ccc(Cl)cc4F)O5)CC3C2)nc2ccc(C(=O)O)cc21.CCn1cncc1Cn1c(CN2CCC3(c4cccc5c4OC(C)(c4ccc(Cl)cc4F)O5)CC3C2)nc2ccc(C(C)=O)cc21.O.[Li+].[OH-]. The van der Waals surface area contributed by atoms with E-state index in [-0.39, 0.29) is 52.0 Å². The Kier molecular flexibility index (Phi) is 17.9. The number of aromatic nitrogens is 8. The number of nitrogens with zero attached hydrogens (tertiary/aromatic N) is 10. The number of aryl methyl sites for hydroxylation is 2. The average Bonchev–Trinajstić information content (AvgIpc) is 1.55. The van der Waals surface area contributed by atoms with Crippen molar-refractivity contribution >= 4 is 57.0 Å². The Hall–Kier alpha value is -8.10. The van der Waals surface area contributed by atoms with Crippen LogP contribution in [-0.2, 0) is 61.7 Å². The van der Waals surface area contributed by atoms with Crippen molar-refractivity contribution in [1.82, 2.24) is 48.0 Å². The van der Waals surface area contributed by atoms with E-state index in [0.29, 0.717) is 87.7 Å². The largest absolute Gasteiger partial charge is 1.00 e. The molecule has 2 saturated carbocycles. The first-order chi connectivity index (χ1) is 44.3. The van der Waals surface area contributed by atoms with Crippen molar-refractivity contribution in [2.24, 2.45) is 11.8 Å². The van der Waals surface area contributed by atoms with Crippen molar-refractivity contribution in [2.45, 2.75) is 122 Å². The summed E-state index contributed by atoms with van der Waals surface area (Å²) in [7, 11) is 0. The van der Waals surface area contributed by atoms with Crippen LogP contribution < -0.4 is 37.8 Å². The molecule has 6 unspecified atom stereocenters. The van der Waals surface area contributed by atoms with E-state index in [1.54, 1.807) is 63.2 Å². The molecule has 0 radical (unpaired) electrons. The Bertz CT molecular complexity index is 4350. The zero-order chi connectivity index (χ0) is 63.6. The number of hydrogen-bond acceptors (Lipinski definition) is 13. The summed E-state index contributed by atoms with van der Waals surface area (Å²) in [6.45, 7) is 17.0. The Morgan fingerprint density at radius 1 is 0.600 bits per heavy atom. The van der Waals surface area contributed by atoms with Crippen molar-refractivity contribution in [1.29, 1.82) is 0 Å². The van der Waals surface area contributed by atoms with Gasteiger partial charge in [-0.2, -0.15) is 0 Å². The Morgan fingerprint density at radius 2 is 1.04 bits per heavy atom. The molecule has 4 aromatic heterocycles. The molecule has 0 bridgehead atoms. The minimum absolute atomic E-state index is 0. The van der Waals surface area contributed by atoms with Crippen LogP contribution in [0.2, 0.25) is 10.0 Å². The second-order valence-electron chi connectivity index (χ2n) is 25.7. The van der Waals surface area contributed by atoms with Gasteiger partial charge in [0, 0.05) is 90.0 Å². The number of carboxylic acid groups (broad SMARTS) is 1. The van der Waals surface area contributed by atoms with Crippen molar-refractivity contribution in [3.63, 3.8) is 0 Å². The summed E-state index contributed by atoms with van der Waals surface area (Å²) in [4.78, 5) is 47.7. The predicted octanol–water partition coefficient (Wildman–Crippen LogP) is 9.71. The van der Waals surface area contributed by atoms with E-state index in [1.807, 2.05) is 67.5 Å². The first kappa shape index (κ1) is 66.9. The number of hydrogen-bond donors (Lipinski definition) is 1. The molecule has 0 amide bonds. The molecule has 8 heterocycles. The van der Waals surface area contributed by atoms with Crippen LogP contribution >= 0.6 is 23.2 Å². The second kappa shape index (κ2) is 25.5. The molecule has 19 nitrogen and oxygen atoms in total. The van der Waals surface area contributed by atoms with Crippen LogP contribution in [0.1, 0.15) is 126 Å². The number of ether oxygens (including phenoxy) is 4. The fraction of sp³-hybridized carbons (Fsp3) is 0.352. The molecule has 10 aromatic rings. The average molecular weight is 1320 g/mol. The molecule has 4 aliphatic heterocycles. The number of imidazole rings is 4. The first-order valence-electron chi connectivity index (χ1n) is 31.4. The van der Waals surface area contributed by atoms with Gasteiger partial charge in [0.25, 0.3) is 11.6 Å². The van der Waals surface area contributed by atoms with Gasteiger partial charge in [0.15, 0.2) is 28.8 Å². The summed E-state index contributed by atoms with van der Waals surface area (Å²) < 4.78 is 64.0. The molecular weight excluding hydrogens is 1250 g/mol. The molecule has 4 fully saturated rings. The van der Waals surface area contributed by atoms with Crippen LogP contribution in [0.5, 0.6) is 23.0 Å². The van der Waals surface area contributed by atoms with Crippen LogP contribution in [0.4, 0.5) is 8.78 Å².